The van der Waals surface area contributed by atoms with E-state index in [1.54, 1.807) is 12.1 Å². The number of nitrogens with zero attached hydrogens (tertiary/aromatic N) is 3. The highest BCUT2D eigenvalue weighted by Crippen LogP contribution is 2.41. The van der Waals surface area contributed by atoms with Gasteiger partial charge in [0.15, 0.2) is 0 Å². The van der Waals surface area contributed by atoms with Crippen LogP contribution in [0.3, 0.4) is 0 Å². The van der Waals surface area contributed by atoms with Crippen LogP contribution in [-0.4, -0.2) is 26.2 Å². The van der Waals surface area contributed by atoms with E-state index in [0.717, 1.165) is 16.6 Å². The highest BCUT2D eigenvalue weighted by Gasteiger charge is 2.49. The zero-order chi connectivity index (χ0) is 16.8. The monoisotopic (exact) mass is 342 g/mol. The first-order valence-electron chi connectivity index (χ1n) is 7.22. The number of H-pyrrole nitrogens is 1. The third-order valence-electron chi connectivity index (χ3n) is 4.08. The van der Waals surface area contributed by atoms with E-state index >= 15 is 0 Å². The van der Waals surface area contributed by atoms with Gasteiger partial charge in [-0.05, 0) is 17.7 Å². The molecular formula is C16H11ClN4O3. The molecule has 2 heterocycles. The Hall–Kier alpha value is -2.93. The second kappa shape index (κ2) is 5.31. The first-order chi connectivity index (χ1) is 11.6. The van der Waals surface area contributed by atoms with E-state index < -0.39 is 16.3 Å². The summed E-state index contributed by atoms with van der Waals surface area (Å²) in [5, 5.41) is 10.0. The highest BCUT2D eigenvalue weighted by molar-refractivity contribution is 6.37. The van der Waals surface area contributed by atoms with Crippen LogP contribution in [0.1, 0.15) is 11.6 Å². The van der Waals surface area contributed by atoms with Crippen LogP contribution in [0.15, 0.2) is 48.5 Å². The summed E-state index contributed by atoms with van der Waals surface area (Å²) in [6.07, 6.45) is 0. The number of anilines is 1. The minimum Gasteiger partial charge on any atom is -0.324 e. The predicted molar refractivity (Wildman–Crippen MR) is 89.1 cm³/mol. The number of aromatic amines is 1. The molecule has 2 atom stereocenters. The van der Waals surface area contributed by atoms with Gasteiger partial charge in [-0.3, -0.25) is 19.8 Å². The van der Waals surface area contributed by atoms with Crippen LogP contribution in [0.25, 0.3) is 11.0 Å². The van der Waals surface area contributed by atoms with Crippen molar-refractivity contribution in [2.24, 2.45) is 0 Å². The van der Waals surface area contributed by atoms with Crippen molar-refractivity contribution in [2.75, 3.05) is 4.90 Å². The van der Waals surface area contributed by atoms with E-state index in [9.17, 15) is 14.9 Å². The number of halogens is 1. The van der Waals surface area contributed by atoms with E-state index in [1.165, 1.54) is 17.0 Å². The molecule has 1 amide bonds. The molecule has 2 aromatic carbocycles. The molecule has 1 N–H and O–H groups in total. The summed E-state index contributed by atoms with van der Waals surface area (Å²) in [5.74, 6) is 0.167. The van der Waals surface area contributed by atoms with Crippen molar-refractivity contribution < 1.29 is 9.72 Å². The van der Waals surface area contributed by atoms with Crippen molar-refractivity contribution >= 4 is 40.2 Å². The van der Waals surface area contributed by atoms with E-state index in [4.69, 9.17) is 11.6 Å². The van der Waals surface area contributed by atoms with Gasteiger partial charge in [0.05, 0.1) is 22.0 Å². The van der Waals surface area contributed by atoms with Crippen molar-refractivity contribution in [3.63, 3.8) is 0 Å². The fourth-order valence-electron chi connectivity index (χ4n) is 2.85. The zero-order valence-electron chi connectivity index (χ0n) is 12.2. The summed E-state index contributed by atoms with van der Waals surface area (Å²) in [6.45, 7) is 0. The van der Waals surface area contributed by atoms with Crippen molar-refractivity contribution in [1.82, 2.24) is 9.97 Å². The van der Waals surface area contributed by atoms with Crippen molar-refractivity contribution in [3.8, 4) is 0 Å². The Kier molecular flexibility index (Phi) is 3.24. The Bertz CT molecular complexity index is 920. The number of aromatic nitrogens is 2. The average Bonchev–Trinajstić information content (AvgIpc) is 3.01. The number of para-hydroxylation sites is 2. The molecule has 1 aliphatic heterocycles. The lowest BCUT2D eigenvalue weighted by Gasteiger charge is -2.42. The van der Waals surface area contributed by atoms with Crippen molar-refractivity contribution in [2.45, 2.75) is 11.4 Å². The SMILES string of the molecule is O=C1C(Cl)C(c2ccc([N+](=O)[O-])cc2)N1c1nc2ccccc2[nH]1. The predicted octanol–water partition coefficient (Wildman–Crippen LogP) is 3.17. The minimum absolute atomic E-state index is 0.00851. The lowest BCUT2D eigenvalue weighted by Crippen LogP contribution is -2.57. The zero-order valence-corrected chi connectivity index (χ0v) is 13.0. The number of rotatable bonds is 3. The van der Waals surface area contributed by atoms with Crippen LogP contribution in [0.2, 0.25) is 0 Å². The van der Waals surface area contributed by atoms with Crippen LogP contribution >= 0.6 is 11.6 Å². The topological polar surface area (TPSA) is 92.1 Å². The number of alkyl halides is 1. The van der Waals surface area contributed by atoms with Crippen LogP contribution in [-0.2, 0) is 4.79 Å². The highest BCUT2D eigenvalue weighted by atomic mass is 35.5. The van der Waals surface area contributed by atoms with Gasteiger partial charge in [-0.25, -0.2) is 4.98 Å². The van der Waals surface area contributed by atoms with Gasteiger partial charge in [-0.1, -0.05) is 24.3 Å². The summed E-state index contributed by atoms with van der Waals surface area (Å²) in [6, 6.07) is 13.1. The van der Waals surface area contributed by atoms with Gasteiger partial charge in [0, 0.05) is 12.1 Å². The van der Waals surface area contributed by atoms with Crippen LogP contribution in [0, 0.1) is 10.1 Å². The number of non-ortho nitro benzene ring substituents is 1. The van der Waals surface area contributed by atoms with E-state index in [-0.39, 0.29) is 11.6 Å². The Morgan fingerprint density at radius 2 is 1.88 bits per heavy atom. The molecule has 120 valence electrons. The summed E-state index contributed by atoms with van der Waals surface area (Å²) < 4.78 is 0. The molecule has 4 rings (SSSR count). The number of β-lactam (4-membered cyclic amide) rings is 1. The lowest BCUT2D eigenvalue weighted by molar-refractivity contribution is -0.384. The smallest absolute Gasteiger partial charge is 0.269 e. The molecule has 0 spiro atoms. The molecule has 7 nitrogen and oxygen atoms in total. The number of benzene rings is 2. The Morgan fingerprint density at radius 1 is 1.17 bits per heavy atom. The fourth-order valence-corrected chi connectivity index (χ4v) is 3.22. The van der Waals surface area contributed by atoms with Crippen LogP contribution < -0.4 is 4.90 Å². The molecular weight excluding hydrogens is 332 g/mol. The van der Waals surface area contributed by atoms with Gasteiger partial charge in [0.1, 0.15) is 5.38 Å². The molecule has 8 heteroatoms. The number of carbonyl (C=O) groups is 1. The number of carbonyl (C=O) groups excluding carboxylic acids is 1. The van der Waals surface area contributed by atoms with Gasteiger partial charge < -0.3 is 4.98 Å². The number of nitro benzene ring substituents is 1. The largest absolute Gasteiger partial charge is 0.324 e. The summed E-state index contributed by atoms with van der Waals surface area (Å²) >= 11 is 6.18. The number of imidazole rings is 1. The Morgan fingerprint density at radius 3 is 2.54 bits per heavy atom. The molecule has 0 radical (unpaired) electrons. The number of hydrogen-bond donors (Lipinski definition) is 1. The second-order valence-corrected chi connectivity index (χ2v) is 5.95. The first-order valence-corrected chi connectivity index (χ1v) is 7.66. The molecule has 24 heavy (non-hydrogen) atoms. The maximum absolute atomic E-state index is 12.2. The Balaban J connectivity index is 1.71. The number of amides is 1. The molecule has 0 saturated carbocycles. The summed E-state index contributed by atoms with van der Waals surface area (Å²) in [4.78, 5) is 31.5. The third kappa shape index (κ3) is 2.13. The number of hydrogen-bond acceptors (Lipinski definition) is 4. The summed E-state index contributed by atoms with van der Waals surface area (Å²) in [7, 11) is 0. The minimum atomic E-state index is -0.723. The maximum atomic E-state index is 12.2. The lowest BCUT2D eigenvalue weighted by atomic mass is 9.93. The Labute approximate surface area is 141 Å². The number of nitro groups is 1. The normalized spacial score (nSPS) is 20.2. The number of fused-ring (bicyclic) bond motifs is 1. The van der Waals surface area contributed by atoms with E-state index in [0.29, 0.717) is 5.95 Å². The summed E-state index contributed by atoms with van der Waals surface area (Å²) in [5.41, 5.74) is 2.29. The first kappa shape index (κ1) is 14.6. The van der Waals surface area contributed by atoms with Crippen LogP contribution in [0.4, 0.5) is 11.6 Å². The molecule has 0 aliphatic carbocycles. The molecule has 1 aromatic heterocycles. The molecule has 1 saturated heterocycles. The third-order valence-corrected chi connectivity index (χ3v) is 4.50. The van der Waals surface area contributed by atoms with Gasteiger partial charge in [-0.15, -0.1) is 11.6 Å². The molecule has 2 unspecified atom stereocenters. The quantitative estimate of drug-likeness (QED) is 0.342. The van der Waals surface area contributed by atoms with Crippen LogP contribution in [0.5, 0.6) is 0 Å². The van der Waals surface area contributed by atoms with Crippen molar-refractivity contribution in [1.29, 1.82) is 0 Å². The second-order valence-electron chi connectivity index (χ2n) is 5.48. The molecule has 0 bridgehead atoms. The fraction of sp³-hybridized carbons (Fsp3) is 0.125. The van der Waals surface area contributed by atoms with Crippen molar-refractivity contribution in [3.05, 3.63) is 64.2 Å². The van der Waals surface area contributed by atoms with E-state index in [2.05, 4.69) is 9.97 Å². The van der Waals surface area contributed by atoms with E-state index in [1.807, 2.05) is 24.3 Å². The molecule has 1 fully saturated rings. The van der Waals surface area contributed by atoms with Gasteiger partial charge >= 0.3 is 0 Å². The molecule has 3 aromatic rings. The molecule has 1 aliphatic rings. The van der Waals surface area contributed by atoms with Gasteiger partial charge in [0.25, 0.3) is 11.6 Å². The standard InChI is InChI=1S/C16H11ClN4O3/c17-13-14(9-5-7-10(8-6-9)21(23)24)20(15(13)22)16-18-11-3-1-2-4-12(11)19-16/h1-8,13-14H,(H,18,19). The number of nitrogens with one attached hydrogen (secondary N) is 1. The van der Waals surface area contributed by atoms with Gasteiger partial charge in [0.2, 0.25) is 5.95 Å². The van der Waals surface area contributed by atoms with Gasteiger partial charge in [-0.2, -0.15) is 0 Å². The average molecular weight is 343 g/mol. The maximum Gasteiger partial charge on any atom is 0.269 e.